The van der Waals surface area contributed by atoms with Gasteiger partial charge in [0.25, 0.3) is 5.91 Å². The Balaban J connectivity index is 1.40. The van der Waals surface area contributed by atoms with E-state index in [0.717, 1.165) is 10.8 Å². The van der Waals surface area contributed by atoms with Gasteiger partial charge in [0.15, 0.2) is 17.3 Å². The molecule has 11 nitrogen and oxygen atoms in total. The zero-order chi connectivity index (χ0) is 33.5. The first-order valence-electron chi connectivity index (χ1n) is 15.7. The Morgan fingerprint density at radius 3 is 2.64 bits per heavy atom. The number of hydrogen-bond acceptors (Lipinski definition) is 7. The standard InChI is InChI=1S/C35H39FN6O5/c1-35(2,3)47-34(45)39-23-11-14-41(18-23)30-26(36)17-24-29-32(30)46-28-16-22-10-7-6-9-21(22)15-27(28)42(29)19-25(31(24)43)33(44)38-13-8-12-37-20-40(4)5/h6-7,9-10,15-17,19-20,23H,8,11-14,18H2,1-5H3,(H,38,44)(H,39,45)/b37-20+/t23-/m1/s1. The van der Waals surface area contributed by atoms with Crippen LogP contribution in [0.15, 0.2) is 58.4 Å². The number of hydrogen-bond donors (Lipinski definition) is 2. The molecule has 2 aliphatic heterocycles. The lowest BCUT2D eigenvalue weighted by Crippen LogP contribution is -2.40. The summed E-state index contributed by atoms with van der Waals surface area (Å²) in [7, 11) is 3.75. The number of rotatable bonds is 8. The summed E-state index contributed by atoms with van der Waals surface area (Å²) in [6.07, 6.45) is 3.82. The molecule has 2 N–H and O–H groups in total. The molecule has 0 spiro atoms. The van der Waals surface area contributed by atoms with Crippen molar-refractivity contribution in [3.8, 4) is 17.2 Å². The van der Waals surface area contributed by atoms with Gasteiger partial charge in [0.2, 0.25) is 5.43 Å². The van der Waals surface area contributed by atoms with Gasteiger partial charge in [-0.25, -0.2) is 9.18 Å². The highest BCUT2D eigenvalue weighted by Gasteiger charge is 2.34. The fourth-order valence-corrected chi connectivity index (χ4v) is 5.99. The lowest BCUT2D eigenvalue weighted by molar-refractivity contribution is 0.0508. The summed E-state index contributed by atoms with van der Waals surface area (Å²) in [5, 5.41) is 7.58. The normalized spacial score (nSPS) is 15.5. The number of carbonyl (C=O) groups excluding carboxylic acids is 2. The Kier molecular flexibility index (Phi) is 8.52. The van der Waals surface area contributed by atoms with E-state index in [1.165, 1.54) is 12.3 Å². The van der Waals surface area contributed by atoms with Gasteiger partial charge in [0.05, 0.1) is 23.5 Å². The lowest BCUT2D eigenvalue weighted by Gasteiger charge is -2.29. The molecule has 1 aromatic heterocycles. The van der Waals surface area contributed by atoms with Gasteiger partial charge < -0.3 is 34.5 Å². The smallest absolute Gasteiger partial charge is 0.407 e. The number of pyridine rings is 1. The van der Waals surface area contributed by atoms with E-state index in [4.69, 9.17) is 9.47 Å². The molecule has 0 radical (unpaired) electrons. The zero-order valence-electron chi connectivity index (χ0n) is 27.2. The molecule has 12 heteroatoms. The number of anilines is 1. The Bertz CT molecular complexity index is 1960. The molecule has 1 atom stereocenters. The molecule has 0 unspecified atom stereocenters. The summed E-state index contributed by atoms with van der Waals surface area (Å²) < 4.78 is 29.8. The average Bonchev–Trinajstić information content (AvgIpc) is 3.45. The third kappa shape index (κ3) is 6.58. The second-order valence-corrected chi connectivity index (χ2v) is 13.1. The molecule has 0 aliphatic carbocycles. The number of alkyl carbamates (subject to hydrolysis) is 1. The number of amides is 2. The van der Waals surface area contributed by atoms with Crippen LogP contribution in [0, 0.1) is 5.82 Å². The summed E-state index contributed by atoms with van der Waals surface area (Å²) in [5.41, 5.74) is -0.166. The number of nitrogens with one attached hydrogen (secondary N) is 2. The van der Waals surface area contributed by atoms with E-state index >= 15 is 4.39 Å². The maximum atomic E-state index is 16.2. The largest absolute Gasteiger partial charge is 0.451 e. The Morgan fingerprint density at radius 1 is 1.17 bits per heavy atom. The predicted octanol–water partition coefficient (Wildman–Crippen LogP) is 5.20. The third-order valence-corrected chi connectivity index (χ3v) is 8.00. The number of benzene rings is 3. The van der Waals surface area contributed by atoms with E-state index in [2.05, 4.69) is 15.6 Å². The van der Waals surface area contributed by atoms with Gasteiger partial charge in [-0.05, 0) is 62.6 Å². The predicted molar refractivity (Wildman–Crippen MR) is 181 cm³/mol. The number of aromatic nitrogens is 1. The van der Waals surface area contributed by atoms with Crippen molar-refractivity contribution in [2.45, 2.75) is 45.3 Å². The molecule has 3 heterocycles. The fourth-order valence-electron chi connectivity index (χ4n) is 5.99. The minimum Gasteiger partial charge on any atom is -0.451 e. The van der Waals surface area contributed by atoms with Gasteiger partial charge in [-0.15, -0.1) is 0 Å². The van der Waals surface area contributed by atoms with E-state index in [1.807, 2.05) is 60.3 Å². The number of nitrogens with zero attached hydrogens (tertiary/aromatic N) is 4. The Morgan fingerprint density at radius 2 is 1.91 bits per heavy atom. The molecule has 3 aromatic carbocycles. The Labute approximate surface area is 272 Å². The minimum absolute atomic E-state index is 0.0333. The SMILES string of the molecule is CN(C)/C=N/CCCNC(=O)c1cn2c3c(c(N4CC[C@@H](NC(=O)OC(C)(C)C)C4)c(F)cc3c1=O)Oc1cc3ccccc3cc1-2. The molecule has 0 bridgehead atoms. The van der Waals surface area contributed by atoms with E-state index in [9.17, 15) is 14.4 Å². The topological polar surface area (TPSA) is 118 Å². The second-order valence-electron chi connectivity index (χ2n) is 13.1. The number of halogens is 1. The highest BCUT2D eigenvalue weighted by Crippen LogP contribution is 2.48. The molecule has 0 saturated carbocycles. The first-order valence-corrected chi connectivity index (χ1v) is 15.7. The summed E-state index contributed by atoms with van der Waals surface area (Å²) >= 11 is 0. The van der Waals surface area contributed by atoms with E-state index < -0.39 is 28.8 Å². The third-order valence-electron chi connectivity index (χ3n) is 8.00. The van der Waals surface area contributed by atoms with Crippen LogP contribution in [0.2, 0.25) is 0 Å². The molecule has 1 fully saturated rings. The highest BCUT2D eigenvalue weighted by atomic mass is 19.1. The van der Waals surface area contributed by atoms with Crippen LogP contribution < -0.4 is 25.7 Å². The molecular formula is C35H39FN6O5. The van der Waals surface area contributed by atoms with Crippen LogP contribution in [-0.4, -0.2) is 79.7 Å². The van der Waals surface area contributed by atoms with Gasteiger partial charge in [0, 0.05) is 46.5 Å². The highest BCUT2D eigenvalue weighted by molar-refractivity contribution is 6.02. The van der Waals surface area contributed by atoms with Crippen molar-refractivity contribution in [1.82, 2.24) is 20.1 Å². The van der Waals surface area contributed by atoms with E-state index in [-0.39, 0.29) is 28.4 Å². The van der Waals surface area contributed by atoms with Crippen molar-refractivity contribution in [2.24, 2.45) is 4.99 Å². The van der Waals surface area contributed by atoms with Crippen LogP contribution in [0.1, 0.15) is 44.0 Å². The fraction of sp³-hybridized carbons (Fsp3) is 0.371. The van der Waals surface area contributed by atoms with E-state index in [1.54, 1.807) is 31.7 Å². The van der Waals surface area contributed by atoms with Crippen LogP contribution in [0.5, 0.6) is 11.5 Å². The van der Waals surface area contributed by atoms with Crippen molar-refractivity contribution in [1.29, 1.82) is 0 Å². The molecule has 6 rings (SSSR count). The van der Waals surface area contributed by atoms with Crippen LogP contribution >= 0.6 is 0 Å². The monoisotopic (exact) mass is 642 g/mol. The summed E-state index contributed by atoms with van der Waals surface area (Å²) in [6, 6.07) is 12.5. The lowest BCUT2D eigenvalue weighted by atomic mass is 10.0. The molecule has 2 amide bonds. The molecular weight excluding hydrogens is 603 g/mol. The van der Waals surface area contributed by atoms with Crippen LogP contribution in [-0.2, 0) is 4.74 Å². The summed E-state index contributed by atoms with van der Waals surface area (Å²) in [5.74, 6) is -0.563. The van der Waals surface area contributed by atoms with Crippen molar-refractivity contribution in [3.63, 3.8) is 0 Å². The first kappa shape index (κ1) is 31.8. The minimum atomic E-state index is -0.658. The molecule has 1 saturated heterocycles. The van der Waals surface area contributed by atoms with Crippen LogP contribution in [0.25, 0.3) is 27.4 Å². The van der Waals surface area contributed by atoms with Gasteiger partial charge in [-0.2, -0.15) is 0 Å². The van der Waals surface area contributed by atoms with Crippen molar-refractivity contribution < 1.29 is 23.5 Å². The maximum absolute atomic E-state index is 16.2. The van der Waals surface area contributed by atoms with Crippen molar-refractivity contribution in [3.05, 3.63) is 70.3 Å². The Hall–Kier alpha value is -5.13. The van der Waals surface area contributed by atoms with Gasteiger partial charge in [-0.1, -0.05) is 24.3 Å². The first-order chi connectivity index (χ1) is 22.4. The van der Waals surface area contributed by atoms with Gasteiger partial charge in [0.1, 0.15) is 22.4 Å². The second kappa shape index (κ2) is 12.6. The molecule has 2 aliphatic rings. The number of aliphatic imine (C=N–C) groups is 1. The zero-order valence-corrected chi connectivity index (χ0v) is 27.2. The average molecular weight is 643 g/mol. The van der Waals surface area contributed by atoms with Crippen LogP contribution in [0.3, 0.4) is 0 Å². The molecule has 4 aromatic rings. The van der Waals surface area contributed by atoms with Crippen molar-refractivity contribution in [2.75, 3.05) is 45.2 Å². The number of ether oxygens (including phenoxy) is 2. The summed E-state index contributed by atoms with van der Waals surface area (Å²) in [4.78, 5) is 47.6. The molecule has 47 heavy (non-hydrogen) atoms. The summed E-state index contributed by atoms with van der Waals surface area (Å²) in [6.45, 7) is 6.95. The quantitative estimate of drug-likeness (QED) is 0.136. The maximum Gasteiger partial charge on any atom is 0.407 e. The van der Waals surface area contributed by atoms with Gasteiger partial charge in [-0.3, -0.25) is 14.6 Å². The van der Waals surface area contributed by atoms with Crippen molar-refractivity contribution >= 4 is 45.7 Å². The number of fused-ring (bicyclic) bond motifs is 3. The van der Waals surface area contributed by atoms with Gasteiger partial charge >= 0.3 is 6.09 Å². The number of carbonyl (C=O) groups is 2. The van der Waals surface area contributed by atoms with Crippen LogP contribution in [0.4, 0.5) is 14.9 Å². The molecule has 246 valence electrons. The van der Waals surface area contributed by atoms with E-state index in [0.29, 0.717) is 56.0 Å².